The Hall–Kier alpha value is -3.68. The zero-order valence-electron chi connectivity index (χ0n) is 21.5. The van der Waals surface area contributed by atoms with Gasteiger partial charge in [-0.15, -0.1) is 0 Å². The summed E-state index contributed by atoms with van der Waals surface area (Å²) in [6.07, 6.45) is 13.0. The van der Waals surface area contributed by atoms with Crippen molar-refractivity contribution in [3.63, 3.8) is 0 Å². The van der Waals surface area contributed by atoms with Crippen LogP contribution in [0.5, 0.6) is 0 Å². The lowest BCUT2D eigenvalue weighted by Crippen LogP contribution is -2.37. The van der Waals surface area contributed by atoms with Crippen molar-refractivity contribution >= 4 is 18.8 Å². The number of rotatable bonds is 5. The molecule has 0 spiro atoms. The van der Waals surface area contributed by atoms with Crippen molar-refractivity contribution < 1.29 is 0 Å². The normalized spacial score (nSPS) is 16.9. The van der Waals surface area contributed by atoms with Crippen molar-refractivity contribution in [2.45, 2.75) is 32.5 Å². The summed E-state index contributed by atoms with van der Waals surface area (Å²) in [5, 5.41) is 1.50. The summed E-state index contributed by atoms with van der Waals surface area (Å²) >= 11 is 0. The SMILES string of the molecule is C[Si](C)(C)c1ccc(-c2ccc(-c3ccc(-c4ccc(/C5=C/C=C\C=C/CC5)cc4)cc3)cc2)cc1. The van der Waals surface area contributed by atoms with E-state index in [1.807, 2.05) is 0 Å². The summed E-state index contributed by atoms with van der Waals surface area (Å²) in [4.78, 5) is 0. The van der Waals surface area contributed by atoms with E-state index < -0.39 is 8.07 Å². The van der Waals surface area contributed by atoms with Crippen LogP contribution in [0.25, 0.3) is 39.0 Å². The second kappa shape index (κ2) is 10.5. The highest BCUT2D eigenvalue weighted by Gasteiger charge is 2.15. The molecule has 0 radical (unpaired) electrons. The van der Waals surface area contributed by atoms with E-state index in [1.54, 1.807) is 0 Å². The maximum atomic E-state index is 2.39. The Morgan fingerprint density at radius 2 is 0.833 bits per heavy atom. The van der Waals surface area contributed by atoms with Crippen LogP contribution >= 0.6 is 0 Å². The summed E-state index contributed by atoms with van der Waals surface area (Å²) in [5.41, 5.74) is 10.3. The maximum absolute atomic E-state index is 2.39. The van der Waals surface area contributed by atoms with Crippen molar-refractivity contribution in [1.82, 2.24) is 0 Å². The number of benzene rings is 4. The highest BCUT2D eigenvalue weighted by atomic mass is 28.3. The quantitative estimate of drug-likeness (QED) is 0.248. The lowest BCUT2D eigenvalue weighted by atomic mass is 9.95. The molecular weight excluding hydrogens is 448 g/mol. The van der Waals surface area contributed by atoms with Crippen LogP contribution in [0.1, 0.15) is 18.4 Å². The van der Waals surface area contributed by atoms with E-state index in [2.05, 4.69) is 147 Å². The molecule has 0 saturated carbocycles. The van der Waals surface area contributed by atoms with Crippen LogP contribution < -0.4 is 5.19 Å². The van der Waals surface area contributed by atoms with Crippen molar-refractivity contribution in [3.05, 3.63) is 133 Å². The minimum absolute atomic E-state index is 1.08. The van der Waals surface area contributed by atoms with Gasteiger partial charge in [0.2, 0.25) is 0 Å². The first-order chi connectivity index (χ1) is 17.5. The van der Waals surface area contributed by atoms with Gasteiger partial charge in [-0.25, -0.2) is 0 Å². The third kappa shape index (κ3) is 5.58. The fourth-order valence-corrected chi connectivity index (χ4v) is 5.89. The minimum Gasteiger partial charge on any atom is -0.0842 e. The lowest BCUT2D eigenvalue weighted by Gasteiger charge is -2.16. The van der Waals surface area contributed by atoms with Gasteiger partial charge in [0.25, 0.3) is 0 Å². The van der Waals surface area contributed by atoms with Crippen LogP contribution in [0.2, 0.25) is 19.6 Å². The van der Waals surface area contributed by atoms with Crippen LogP contribution in [0, 0.1) is 0 Å². The molecule has 0 unspecified atom stereocenters. The summed E-state index contributed by atoms with van der Waals surface area (Å²) in [7, 11) is -1.26. The van der Waals surface area contributed by atoms with Crippen LogP contribution in [0.15, 0.2) is 127 Å². The maximum Gasteiger partial charge on any atom is 0.0775 e. The van der Waals surface area contributed by atoms with Gasteiger partial charge in [0.15, 0.2) is 0 Å². The lowest BCUT2D eigenvalue weighted by molar-refractivity contribution is 1.07. The van der Waals surface area contributed by atoms with Gasteiger partial charge in [0.1, 0.15) is 0 Å². The molecule has 1 heteroatoms. The molecule has 1 aliphatic rings. The molecule has 0 nitrogen and oxygen atoms in total. The molecule has 0 aliphatic heterocycles. The molecule has 4 aromatic rings. The third-order valence-electron chi connectivity index (χ3n) is 7.01. The summed E-state index contributed by atoms with van der Waals surface area (Å²) in [6, 6.07) is 36.0. The number of allylic oxidation sites excluding steroid dienone is 6. The summed E-state index contributed by atoms with van der Waals surface area (Å²) in [5.74, 6) is 0. The molecular formula is C35H34Si. The predicted octanol–water partition coefficient (Wildman–Crippen LogP) is 9.52. The van der Waals surface area contributed by atoms with Crippen LogP contribution in [-0.4, -0.2) is 8.07 Å². The van der Waals surface area contributed by atoms with Gasteiger partial charge >= 0.3 is 0 Å². The second-order valence-electron chi connectivity index (χ2n) is 10.6. The first-order valence-corrected chi connectivity index (χ1v) is 16.4. The van der Waals surface area contributed by atoms with Crippen LogP contribution in [0.3, 0.4) is 0 Å². The molecule has 5 rings (SSSR count). The molecule has 4 aromatic carbocycles. The Labute approximate surface area is 217 Å². The zero-order chi connectivity index (χ0) is 25.0. The van der Waals surface area contributed by atoms with Gasteiger partial charge in [-0.1, -0.05) is 152 Å². The Balaban J connectivity index is 1.29. The molecule has 178 valence electrons. The van der Waals surface area contributed by atoms with E-state index in [4.69, 9.17) is 0 Å². The summed E-state index contributed by atoms with van der Waals surface area (Å²) in [6.45, 7) is 7.18. The molecule has 0 heterocycles. The molecule has 0 N–H and O–H groups in total. The van der Waals surface area contributed by atoms with E-state index in [1.165, 1.54) is 49.7 Å². The van der Waals surface area contributed by atoms with Crippen LogP contribution in [-0.2, 0) is 0 Å². The van der Waals surface area contributed by atoms with E-state index >= 15 is 0 Å². The molecule has 0 atom stereocenters. The van der Waals surface area contributed by atoms with Gasteiger partial charge in [0, 0.05) is 0 Å². The molecule has 0 fully saturated rings. The average Bonchev–Trinajstić information content (AvgIpc) is 2.89. The average molecular weight is 483 g/mol. The van der Waals surface area contributed by atoms with E-state index in [0.29, 0.717) is 0 Å². The van der Waals surface area contributed by atoms with Crippen molar-refractivity contribution in [1.29, 1.82) is 0 Å². The van der Waals surface area contributed by atoms with E-state index in [0.717, 1.165) is 12.8 Å². The topological polar surface area (TPSA) is 0 Å². The minimum atomic E-state index is -1.26. The third-order valence-corrected chi connectivity index (χ3v) is 9.08. The van der Waals surface area contributed by atoms with Gasteiger partial charge in [0.05, 0.1) is 8.07 Å². The fourth-order valence-electron chi connectivity index (χ4n) is 4.72. The fraction of sp³-hybridized carbons (Fsp3) is 0.143. The van der Waals surface area contributed by atoms with Crippen LogP contribution in [0.4, 0.5) is 0 Å². The molecule has 36 heavy (non-hydrogen) atoms. The smallest absolute Gasteiger partial charge is 0.0775 e. The van der Waals surface area contributed by atoms with E-state index in [9.17, 15) is 0 Å². The Kier molecular flexibility index (Phi) is 7.02. The van der Waals surface area contributed by atoms with Gasteiger partial charge in [-0.3, -0.25) is 0 Å². The highest BCUT2D eigenvalue weighted by Crippen LogP contribution is 2.29. The first kappa shape index (κ1) is 24.0. The molecule has 1 aliphatic carbocycles. The monoisotopic (exact) mass is 482 g/mol. The van der Waals surface area contributed by atoms with Gasteiger partial charge in [-0.2, -0.15) is 0 Å². The molecule has 0 bridgehead atoms. The van der Waals surface area contributed by atoms with E-state index in [-0.39, 0.29) is 0 Å². The zero-order valence-corrected chi connectivity index (χ0v) is 22.5. The Morgan fingerprint density at radius 1 is 0.444 bits per heavy atom. The standard InChI is InChI=1S/C35H34Si/c1-36(2,3)35-25-23-34(24-26-35)33-21-19-32(20-22-33)31-17-15-30(16-18-31)29-13-11-28(12-14-29)27-9-7-5-4-6-8-10-27/h4-7,9,11-26H,8,10H2,1-3H3/b6-4-,7-5-,27-9+. The second-order valence-corrected chi connectivity index (χ2v) is 15.7. The molecule has 0 saturated heterocycles. The van der Waals surface area contributed by atoms with Gasteiger partial charge in [-0.05, 0) is 57.4 Å². The Bertz CT molecular complexity index is 1390. The first-order valence-electron chi connectivity index (χ1n) is 12.9. The van der Waals surface area contributed by atoms with Crippen molar-refractivity contribution in [2.24, 2.45) is 0 Å². The predicted molar refractivity (Wildman–Crippen MR) is 161 cm³/mol. The summed E-state index contributed by atoms with van der Waals surface area (Å²) < 4.78 is 0. The number of hydrogen-bond donors (Lipinski definition) is 0. The number of hydrogen-bond acceptors (Lipinski definition) is 0. The molecule has 0 aromatic heterocycles. The largest absolute Gasteiger partial charge is 0.0842 e. The van der Waals surface area contributed by atoms with Crippen molar-refractivity contribution in [2.75, 3.05) is 0 Å². The van der Waals surface area contributed by atoms with Gasteiger partial charge < -0.3 is 0 Å². The van der Waals surface area contributed by atoms with Crippen molar-refractivity contribution in [3.8, 4) is 33.4 Å². The Morgan fingerprint density at radius 3 is 1.25 bits per heavy atom. The molecule has 0 amide bonds. The highest BCUT2D eigenvalue weighted by molar-refractivity contribution is 6.88.